The van der Waals surface area contributed by atoms with Crippen LogP contribution in [0.25, 0.3) is 0 Å². The van der Waals surface area contributed by atoms with Gasteiger partial charge in [0.25, 0.3) is 11.6 Å². The Morgan fingerprint density at radius 1 is 1.07 bits per heavy atom. The van der Waals surface area contributed by atoms with Crippen LogP contribution in [0, 0.1) is 10.1 Å². The van der Waals surface area contributed by atoms with Crippen LogP contribution in [0.4, 0.5) is 5.69 Å². The molecule has 0 fully saturated rings. The Kier molecular flexibility index (Phi) is 8.78. The van der Waals surface area contributed by atoms with E-state index in [1.165, 1.54) is 18.3 Å². The van der Waals surface area contributed by atoms with E-state index in [0.29, 0.717) is 35.5 Å². The normalized spacial score (nSPS) is 10.7. The molecule has 0 spiro atoms. The minimum absolute atomic E-state index is 0.00533. The minimum atomic E-state index is -0.481. The van der Waals surface area contributed by atoms with E-state index >= 15 is 0 Å². The summed E-state index contributed by atoms with van der Waals surface area (Å²) in [5.74, 6) is -0.433. The molecule has 29 heavy (non-hydrogen) atoms. The second-order valence-corrected chi connectivity index (χ2v) is 6.60. The van der Waals surface area contributed by atoms with Crippen LogP contribution in [-0.2, 0) is 4.79 Å². The molecule has 2 amide bonds. The fraction of sp³-hybridized carbons (Fsp3) is 0.250. The van der Waals surface area contributed by atoms with Crippen molar-refractivity contribution in [1.29, 1.82) is 0 Å². The maximum Gasteiger partial charge on any atom is 0.269 e. The summed E-state index contributed by atoms with van der Waals surface area (Å²) in [7, 11) is 0. The van der Waals surface area contributed by atoms with Gasteiger partial charge in [-0.15, -0.1) is 0 Å². The van der Waals surface area contributed by atoms with Crippen molar-refractivity contribution >= 4 is 35.3 Å². The number of nitro benzene ring substituents is 1. The minimum Gasteiger partial charge on any atom is -0.352 e. The molecule has 0 radical (unpaired) electrons. The zero-order chi connectivity index (χ0) is 21.1. The smallest absolute Gasteiger partial charge is 0.269 e. The highest BCUT2D eigenvalue weighted by Crippen LogP contribution is 2.14. The van der Waals surface area contributed by atoms with Crippen molar-refractivity contribution in [3.8, 4) is 0 Å². The number of hydrogen-bond acceptors (Lipinski definition) is 5. The predicted molar refractivity (Wildman–Crippen MR) is 111 cm³/mol. The molecule has 9 heteroatoms. The first-order valence-electron chi connectivity index (χ1n) is 9.06. The van der Waals surface area contributed by atoms with Crippen LogP contribution in [0.2, 0.25) is 5.02 Å². The topological polar surface area (TPSA) is 114 Å². The lowest BCUT2D eigenvalue weighted by atomic mass is 10.1. The van der Waals surface area contributed by atoms with Crippen molar-refractivity contribution in [1.82, 2.24) is 10.7 Å². The van der Waals surface area contributed by atoms with Crippen LogP contribution in [0.1, 0.15) is 41.6 Å². The van der Waals surface area contributed by atoms with Gasteiger partial charge >= 0.3 is 0 Å². The second-order valence-electron chi connectivity index (χ2n) is 6.19. The average molecular weight is 417 g/mol. The Hall–Kier alpha value is -3.26. The van der Waals surface area contributed by atoms with Gasteiger partial charge in [-0.3, -0.25) is 19.7 Å². The number of carbonyl (C=O) groups is 2. The van der Waals surface area contributed by atoms with E-state index in [1.807, 2.05) is 0 Å². The average Bonchev–Trinajstić information content (AvgIpc) is 2.71. The molecule has 2 aromatic rings. The summed E-state index contributed by atoms with van der Waals surface area (Å²) < 4.78 is 0. The monoisotopic (exact) mass is 416 g/mol. The molecule has 0 aliphatic heterocycles. The van der Waals surface area contributed by atoms with E-state index in [2.05, 4.69) is 15.8 Å². The molecule has 152 valence electrons. The van der Waals surface area contributed by atoms with Gasteiger partial charge in [-0.05, 0) is 42.7 Å². The summed E-state index contributed by atoms with van der Waals surface area (Å²) in [5, 5.41) is 17.6. The lowest BCUT2D eigenvalue weighted by Crippen LogP contribution is -2.24. The van der Waals surface area contributed by atoms with Gasteiger partial charge in [-0.2, -0.15) is 5.10 Å². The van der Waals surface area contributed by atoms with Crippen LogP contribution in [0.3, 0.4) is 0 Å². The number of hydrazone groups is 1. The summed E-state index contributed by atoms with van der Waals surface area (Å²) in [6.07, 6.45) is 3.93. The number of nitrogens with zero attached hydrogens (tertiary/aromatic N) is 2. The molecule has 0 atom stereocenters. The molecule has 2 N–H and O–H groups in total. The largest absolute Gasteiger partial charge is 0.352 e. The first-order chi connectivity index (χ1) is 14.0. The summed E-state index contributed by atoms with van der Waals surface area (Å²) in [6, 6.07) is 12.7. The number of nitrogens with one attached hydrogen (secondary N) is 2. The third-order valence-corrected chi connectivity index (χ3v) is 4.32. The number of amides is 2. The zero-order valence-corrected chi connectivity index (χ0v) is 16.4. The standard InChI is InChI=1S/C20H21ClN4O4/c21-18-7-4-3-6-17(18)20(27)22-13-5-1-2-8-19(26)24-23-14-15-9-11-16(12-10-15)25(28)29/h3-4,6-7,9-12,14H,1-2,5,8,13H2,(H,22,27)(H,24,26). The lowest BCUT2D eigenvalue weighted by molar-refractivity contribution is -0.384. The summed E-state index contributed by atoms with van der Waals surface area (Å²) >= 11 is 5.97. The van der Waals surface area contributed by atoms with Crippen LogP contribution in [-0.4, -0.2) is 29.5 Å². The van der Waals surface area contributed by atoms with E-state index in [-0.39, 0.29) is 17.5 Å². The first kappa shape index (κ1) is 22.0. The molecule has 0 bridgehead atoms. The molecule has 0 aliphatic carbocycles. The second kappa shape index (κ2) is 11.6. The maximum atomic E-state index is 12.0. The Bertz CT molecular complexity index is 884. The Labute approximate surface area is 173 Å². The highest BCUT2D eigenvalue weighted by atomic mass is 35.5. The van der Waals surface area contributed by atoms with Crippen LogP contribution in [0.5, 0.6) is 0 Å². The van der Waals surface area contributed by atoms with Crippen LogP contribution >= 0.6 is 11.6 Å². The molecule has 0 saturated heterocycles. The van der Waals surface area contributed by atoms with Gasteiger partial charge in [-0.1, -0.05) is 30.2 Å². The van der Waals surface area contributed by atoms with E-state index < -0.39 is 4.92 Å². The molecule has 2 rings (SSSR count). The molecule has 0 heterocycles. The molecule has 0 aromatic heterocycles. The van der Waals surface area contributed by atoms with Crippen molar-refractivity contribution in [2.75, 3.05) is 6.54 Å². The van der Waals surface area contributed by atoms with Gasteiger partial charge in [0.2, 0.25) is 5.91 Å². The van der Waals surface area contributed by atoms with Gasteiger partial charge in [0.15, 0.2) is 0 Å². The maximum absolute atomic E-state index is 12.0. The number of rotatable bonds is 10. The van der Waals surface area contributed by atoms with Crippen LogP contribution in [0.15, 0.2) is 53.6 Å². The summed E-state index contributed by atoms with van der Waals surface area (Å²) in [5.41, 5.74) is 3.50. The third kappa shape index (κ3) is 7.71. The number of benzene rings is 2. The number of halogens is 1. The number of hydrogen-bond donors (Lipinski definition) is 2. The molecule has 0 aliphatic rings. The van der Waals surface area contributed by atoms with E-state index in [4.69, 9.17) is 11.6 Å². The Morgan fingerprint density at radius 3 is 2.48 bits per heavy atom. The summed E-state index contributed by atoms with van der Waals surface area (Å²) in [4.78, 5) is 33.8. The predicted octanol–water partition coefficient (Wildman–Crippen LogP) is 3.69. The van der Waals surface area contributed by atoms with Crippen LogP contribution < -0.4 is 10.7 Å². The third-order valence-electron chi connectivity index (χ3n) is 3.99. The summed E-state index contributed by atoms with van der Waals surface area (Å²) in [6.45, 7) is 0.504. The van der Waals surface area contributed by atoms with Crippen molar-refractivity contribution in [3.05, 3.63) is 74.8 Å². The van der Waals surface area contributed by atoms with Crippen molar-refractivity contribution < 1.29 is 14.5 Å². The fourth-order valence-corrected chi connectivity index (χ4v) is 2.67. The number of carbonyl (C=O) groups excluding carboxylic acids is 2. The Morgan fingerprint density at radius 2 is 1.79 bits per heavy atom. The van der Waals surface area contributed by atoms with Gasteiger partial charge < -0.3 is 5.32 Å². The molecular weight excluding hydrogens is 396 g/mol. The van der Waals surface area contributed by atoms with Crippen molar-refractivity contribution in [2.45, 2.75) is 25.7 Å². The van der Waals surface area contributed by atoms with Gasteiger partial charge in [0, 0.05) is 25.1 Å². The quantitative estimate of drug-likeness (QED) is 0.266. The number of nitro groups is 1. The number of unbranched alkanes of at least 4 members (excludes halogenated alkanes) is 2. The van der Waals surface area contributed by atoms with Gasteiger partial charge in [0.05, 0.1) is 21.7 Å². The molecule has 2 aromatic carbocycles. The lowest BCUT2D eigenvalue weighted by Gasteiger charge is -2.06. The fourth-order valence-electron chi connectivity index (χ4n) is 2.45. The van der Waals surface area contributed by atoms with Gasteiger partial charge in [0.1, 0.15) is 0 Å². The molecular formula is C20H21ClN4O4. The van der Waals surface area contributed by atoms with Crippen molar-refractivity contribution in [3.63, 3.8) is 0 Å². The highest BCUT2D eigenvalue weighted by molar-refractivity contribution is 6.33. The van der Waals surface area contributed by atoms with E-state index in [0.717, 1.165) is 12.8 Å². The Balaban J connectivity index is 1.58. The molecule has 0 unspecified atom stereocenters. The molecule has 0 saturated carbocycles. The SMILES string of the molecule is O=C(CCCCCNC(=O)c1ccccc1Cl)NN=Cc1ccc([N+](=O)[O-])cc1. The first-order valence-corrected chi connectivity index (χ1v) is 9.44. The number of non-ortho nitro benzene ring substituents is 1. The highest BCUT2D eigenvalue weighted by Gasteiger charge is 2.08. The molecule has 8 nitrogen and oxygen atoms in total. The van der Waals surface area contributed by atoms with E-state index in [9.17, 15) is 19.7 Å². The van der Waals surface area contributed by atoms with Gasteiger partial charge in [-0.25, -0.2) is 5.43 Å². The van der Waals surface area contributed by atoms with Crippen molar-refractivity contribution in [2.24, 2.45) is 5.10 Å². The van der Waals surface area contributed by atoms with E-state index in [1.54, 1.807) is 36.4 Å². The zero-order valence-electron chi connectivity index (χ0n) is 15.6.